The monoisotopic (exact) mass is 198 g/mol. The number of allylic oxidation sites excluding steroid dienone is 1. The number of carbonyl (C=O) groups is 1. The van der Waals surface area contributed by atoms with Gasteiger partial charge in [0, 0.05) is 0 Å². The molecular formula is C12H22O2. The highest BCUT2D eigenvalue weighted by molar-refractivity contribution is 5.74. The Hall–Kier alpha value is -0.790. The molecule has 82 valence electrons. The van der Waals surface area contributed by atoms with Gasteiger partial charge in [0.2, 0.25) is 0 Å². The lowest BCUT2D eigenvalue weighted by atomic mass is 9.76. The largest absolute Gasteiger partial charge is 0.481 e. The van der Waals surface area contributed by atoms with Gasteiger partial charge in [-0.3, -0.25) is 4.79 Å². The van der Waals surface area contributed by atoms with Crippen LogP contribution in [0.3, 0.4) is 0 Å². The lowest BCUT2D eigenvalue weighted by molar-refractivity contribution is -0.149. The summed E-state index contributed by atoms with van der Waals surface area (Å²) in [5.41, 5.74) is -0.698. The fourth-order valence-corrected chi connectivity index (χ4v) is 1.44. The Kier molecular flexibility index (Phi) is 4.89. The average Bonchev–Trinajstić information content (AvgIpc) is 2.04. The smallest absolute Gasteiger partial charge is 0.309 e. The van der Waals surface area contributed by atoms with Crippen LogP contribution in [-0.4, -0.2) is 11.1 Å². The fourth-order valence-electron chi connectivity index (χ4n) is 1.44. The van der Waals surface area contributed by atoms with Crippen molar-refractivity contribution in [2.75, 3.05) is 0 Å². The number of aliphatic carboxylic acids is 1. The molecule has 0 bridgehead atoms. The summed E-state index contributed by atoms with van der Waals surface area (Å²) in [6.45, 7) is 11.5. The van der Waals surface area contributed by atoms with E-state index in [9.17, 15) is 4.79 Å². The van der Waals surface area contributed by atoms with E-state index in [2.05, 4.69) is 20.4 Å². The second-order valence-corrected chi connectivity index (χ2v) is 4.84. The van der Waals surface area contributed by atoms with E-state index in [4.69, 9.17) is 5.11 Å². The quantitative estimate of drug-likeness (QED) is 0.665. The molecule has 0 spiro atoms. The minimum Gasteiger partial charge on any atom is -0.481 e. The molecule has 1 atom stereocenters. The maximum atomic E-state index is 11.0. The SMILES string of the molecule is C=CC(CCC(C)C)C(C)(C)C(=O)O. The molecule has 0 amide bonds. The summed E-state index contributed by atoms with van der Waals surface area (Å²) in [6, 6.07) is 0. The first-order chi connectivity index (χ1) is 6.32. The van der Waals surface area contributed by atoms with Crippen molar-refractivity contribution in [3.63, 3.8) is 0 Å². The van der Waals surface area contributed by atoms with E-state index >= 15 is 0 Å². The van der Waals surface area contributed by atoms with Crippen LogP contribution in [0.25, 0.3) is 0 Å². The van der Waals surface area contributed by atoms with Crippen LogP contribution >= 0.6 is 0 Å². The Labute approximate surface area is 87.0 Å². The number of hydrogen-bond donors (Lipinski definition) is 1. The van der Waals surface area contributed by atoms with Gasteiger partial charge in [0.1, 0.15) is 0 Å². The third kappa shape index (κ3) is 3.52. The van der Waals surface area contributed by atoms with Gasteiger partial charge in [-0.25, -0.2) is 0 Å². The molecule has 1 N–H and O–H groups in total. The predicted molar refractivity (Wildman–Crippen MR) is 59.2 cm³/mol. The molecule has 1 unspecified atom stereocenters. The average molecular weight is 198 g/mol. The second kappa shape index (κ2) is 5.18. The van der Waals surface area contributed by atoms with Gasteiger partial charge < -0.3 is 5.11 Å². The maximum Gasteiger partial charge on any atom is 0.309 e. The molecule has 0 aromatic heterocycles. The minimum absolute atomic E-state index is 0.0578. The van der Waals surface area contributed by atoms with Crippen LogP contribution in [0.4, 0.5) is 0 Å². The van der Waals surface area contributed by atoms with E-state index in [0.717, 1.165) is 12.8 Å². The maximum absolute atomic E-state index is 11.0. The summed E-state index contributed by atoms with van der Waals surface area (Å²) >= 11 is 0. The number of rotatable bonds is 6. The van der Waals surface area contributed by atoms with Gasteiger partial charge in [-0.05, 0) is 32.1 Å². The summed E-state index contributed by atoms with van der Waals surface area (Å²) in [5, 5.41) is 9.06. The van der Waals surface area contributed by atoms with Crippen molar-refractivity contribution in [1.29, 1.82) is 0 Å². The molecule has 2 nitrogen and oxygen atoms in total. The van der Waals surface area contributed by atoms with Gasteiger partial charge in [-0.2, -0.15) is 0 Å². The van der Waals surface area contributed by atoms with Gasteiger partial charge in [0.15, 0.2) is 0 Å². The van der Waals surface area contributed by atoms with Crippen LogP contribution in [0, 0.1) is 17.3 Å². The van der Waals surface area contributed by atoms with Crippen molar-refractivity contribution < 1.29 is 9.90 Å². The number of carboxylic acid groups (broad SMARTS) is 1. The fraction of sp³-hybridized carbons (Fsp3) is 0.750. The first kappa shape index (κ1) is 13.2. The zero-order chi connectivity index (χ0) is 11.4. The van der Waals surface area contributed by atoms with E-state index in [1.807, 2.05) is 0 Å². The zero-order valence-electron chi connectivity index (χ0n) is 9.71. The van der Waals surface area contributed by atoms with Crippen LogP contribution in [-0.2, 0) is 4.79 Å². The first-order valence-corrected chi connectivity index (χ1v) is 5.18. The highest BCUT2D eigenvalue weighted by Crippen LogP contribution is 2.32. The van der Waals surface area contributed by atoms with Gasteiger partial charge in [-0.15, -0.1) is 6.58 Å². The molecule has 0 fully saturated rings. The van der Waals surface area contributed by atoms with Gasteiger partial charge in [0.05, 0.1) is 5.41 Å². The van der Waals surface area contributed by atoms with Crippen molar-refractivity contribution in [1.82, 2.24) is 0 Å². The Morgan fingerprint density at radius 1 is 1.43 bits per heavy atom. The summed E-state index contributed by atoms with van der Waals surface area (Å²) in [5.74, 6) is -0.0735. The number of carboxylic acids is 1. The Bertz CT molecular complexity index is 204. The van der Waals surface area contributed by atoms with Crippen LogP contribution in [0.15, 0.2) is 12.7 Å². The molecule has 0 saturated heterocycles. The molecule has 0 rings (SSSR count). The first-order valence-electron chi connectivity index (χ1n) is 5.18. The molecule has 0 aromatic carbocycles. The lowest BCUT2D eigenvalue weighted by Gasteiger charge is -2.28. The molecular weight excluding hydrogens is 176 g/mol. The zero-order valence-corrected chi connectivity index (χ0v) is 9.71. The summed E-state index contributed by atoms with van der Waals surface area (Å²) in [4.78, 5) is 11.0. The minimum atomic E-state index is -0.744. The standard InChI is InChI=1S/C12H22O2/c1-6-10(8-7-9(2)3)12(4,5)11(13)14/h6,9-10H,1,7-8H2,2-5H3,(H,13,14). The topological polar surface area (TPSA) is 37.3 Å². The highest BCUT2D eigenvalue weighted by atomic mass is 16.4. The summed E-state index contributed by atoms with van der Waals surface area (Å²) < 4.78 is 0. The molecule has 0 aromatic rings. The van der Waals surface area contributed by atoms with E-state index in [0.29, 0.717) is 5.92 Å². The van der Waals surface area contributed by atoms with Crippen molar-refractivity contribution in [3.8, 4) is 0 Å². The van der Waals surface area contributed by atoms with E-state index in [-0.39, 0.29) is 5.92 Å². The van der Waals surface area contributed by atoms with Crippen LogP contribution in [0.1, 0.15) is 40.5 Å². The lowest BCUT2D eigenvalue weighted by Crippen LogP contribution is -2.31. The van der Waals surface area contributed by atoms with Gasteiger partial charge >= 0.3 is 5.97 Å². The second-order valence-electron chi connectivity index (χ2n) is 4.84. The molecule has 0 heterocycles. The molecule has 0 aliphatic carbocycles. The molecule has 2 heteroatoms. The van der Waals surface area contributed by atoms with Gasteiger partial charge in [-0.1, -0.05) is 26.3 Å². The molecule has 0 aliphatic heterocycles. The third-order valence-electron chi connectivity index (χ3n) is 2.82. The number of hydrogen-bond acceptors (Lipinski definition) is 1. The van der Waals surface area contributed by atoms with E-state index in [1.165, 1.54) is 0 Å². The van der Waals surface area contributed by atoms with Crippen molar-refractivity contribution in [2.24, 2.45) is 17.3 Å². The molecule has 0 saturated carbocycles. The Morgan fingerprint density at radius 3 is 2.21 bits per heavy atom. The van der Waals surface area contributed by atoms with Crippen LogP contribution in [0.5, 0.6) is 0 Å². The van der Waals surface area contributed by atoms with Crippen molar-refractivity contribution >= 4 is 5.97 Å². The van der Waals surface area contributed by atoms with Crippen molar-refractivity contribution in [2.45, 2.75) is 40.5 Å². The van der Waals surface area contributed by atoms with E-state index < -0.39 is 11.4 Å². The molecule has 0 aliphatic rings. The third-order valence-corrected chi connectivity index (χ3v) is 2.82. The Morgan fingerprint density at radius 2 is 1.93 bits per heavy atom. The summed E-state index contributed by atoms with van der Waals surface area (Å²) in [7, 11) is 0. The normalized spacial score (nSPS) is 14.1. The molecule has 0 radical (unpaired) electrons. The Balaban J connectivity index is 4.40. The summed E-state index contributed by atoms with van der Waals surface area (Å²) in [6.07, 6.45) is 3.73. The van der Waals surface area contributed by atoms with Crippen molar-refractivity contribution in [3.05, 3.63) is 12.7 Å². The van der Waals surface area contributed by atoms with Gasteiger partial charge in [0.25, 0.3) is 0 Å². The van der Waals surface area contributed by atoms with Crippen LogP contribution < -0.4 is 0 Å². The highest BCUT2D eigenvalue weighted by Gasteiger charge is 2.34. The predicted octanol–water partition coefficient (Wildman–Crippen LogP) is 3.34. The van der Waals surface area contributed by atoms with E-state index in [1.54, 1.807) is 19.9 Å². The van der Waals surface area contributed by atoms with Crippen LogP contribution in [0.2, 0.25) is 0 Å². The molecule has 14 heavy (non-hydrogen) atoms.